The Bertz CT molecular complexity index is 658. The number of thiophene rings is 1. The van der Waals surface area contributed by atoms with Crippen LogP contribution in [-0.4, -0.2) is 17.1 Å². The third-order valence-corrected chi connectivity index (χ3v) is 4.16. The van der Waals surface area contributed by atoms with Gasteiger partial charge in [0.1, 0.15) is 0 Å². The molecule has 2 aromatic rings. The van der Waals surface area contributed by atoms with Crippen LogP contribution in [0.25, 0.3) is 0 Å². The van der Waals surface area contributed by atoms with Crippen LogP contribution in [0.15, 0.2) is 35.7 Å². The van der Waals surface area contributed by atoms with Crippen LogP contribution in [0.3, 0.4) is 0 Å². The largest absolute Gasteiger partial charge is 0.478 e. The molecule has 0 radical (unpaired) electrons. The van der Waals surface area contributed by atoms with Gasteiger partial charge in [0, 0.05) is 10.6 Å². The van der Waals surface area contributed by atoms with Gasteiger partial charge in [0.25, 0.3) is 0 Å². The smallest absolute Gasteiger partial charge is 0.337 e. The molecule has 1 aromatic heterocycles. The number of hydrogen-bond donors (Lipinski definition) is 3. The molecule has 1 unspecified atom stereocenters. The molecule has 5 nitrogen and oxygen atoms in total. The third kappa shape index (κ3) is 3.96. The summed E-state index contributed by atoms with van der Waals surface area (Å²) in [4.78, 5) is 23.9. The third-order valence-electron chi connectivity index (χ3n) is 2.77. The molecular weight excluding hydrogens is 312 g/mol. The number of halogens is 1. The van der Waals surface area contributed by atoms with Crippen molar-refractivity contribution < 1.29 is 14.7 Å². The van der Waals surface area contributed by atoms with E-state index in [1.807, 2.05) is 24.4 Å². The molecule has 1 heterocycles. The molecule has 0 aliphatic rings. The molecule has 0 aliphatic heterocycles. The normalized spacial score (nSPS) is 11.7. The zero-order valence-corrected chi connectivity index (χ0v) is 12.7. The summed E-state index contributed by atoms with van der Waals surface area (Å²) in [6, 6.07) is 7.60. The fraction of sp³-hybridized carbons (Fsp3) is 0.143. The molecule has 0 aliphatic carbocycles. The molecule has 0 saturated carbocycles. The van der Waals surface area contributed by atoms with Gasteiger partial charge in [-0.3, -0.25) is 0 Å². The minimum absolute atomic E-state index is 0.0548. The monoisotopic (exact) mass is 324 g/mol. The molecule has 110 valence electrons. The van der Waals surface area contributed by atoms with Gasteiger partial charge in [-0.2, -0.15) is 0 Å². The van der Waals surface area contributed by atoms with Crippen LogP contribution in [0.2, 0.25) is 5.02 Å². The summed E-state index contributed by atoms with van der Waals surface area (Å²) in [6.45, 7) is 1.87. The van der Waals surface area contributed by atoms with E-state index in [0.29, 0.717) is 5.69 Å². The number of carbonyl (C=O) groups is 2. The number of benzene rings is 1. The SMILES string of the molecule is CC(NC(=O)Nc1ccc(Cl)c(C(=O)O)c1)c1cccs1. The number of carbonyl (C=O) groups excluding carboxylic acids is 1. The maximum absolute atomic E-state index is 11.9. The second kappa shape index (κ2) is 6.60. The molecule has 1 atom stereocenters. The summed E-state index contributed by atoms with van der Waals surface area (Å²) in [7, 11) is 0. The number of rotatable bonds is 4. The molecule has 1 aromatic carbocycles. The van der Waals surface area contributed by atoms with E-state index in [1.165, 1.54) is 12.1 Å². The van der Waals surface area contributed by atoms with Gasteiger partial charge >= 0.3 is 12.0 Å². The van der Waals surface area contributed by atoms with Crippen molar-refractivity contribution in [2.75, 3.05) is 5.32 Å². The maximum atomic E-state index is 11.9. The van der Waals surface area contributed by atoms with E-state index in [1.54, 1.807) is 17.4 Å². The van der Waals surface area contributed by atoms with Gasteiger partial charge in [-0.15, -0.1) is 11.3 Å². The minimum atomic E-state index is -1.14. The summed E-state index contributed by atoms with van der Waals surface area (Å²) in [6.07, 6.45) is 0. The van der Waals surface area contributed by atoms with E-state index in [2.05, 4.69) is 10.6 Å². The van der Waals surface area contributed by atoms with Crippen molar-refractivity contribution in [1.29, 1.82) is 0 Å². The number of hydrogen-bond acceptors (Lipinski definition) is 3. The Balaban J connectivity index is 2.03. The van der Waals surface area contributed by atoms with Crippen molar-refractivity contribution in [1.82, 2.24) is 5.32 Å². The Morgan fingerprint density at radius 3 is 2.71 bits per heavy atom. The highest BCUT2D eigenvalue weighted by molar-refractivity contribution is 7.10. The van der Waals surface area contributed by atoms with Crippen LogP contribution < -0.4 is 10.6 Å². The lowest BCUT2D eigenvalue weighted by Gasteiger charge is -2.13. The van der Waals surface area contributed by atoms with Crippen molar-refractivity contribution in [3.63, 3.8) is 0 Å². The van der Waals surface area contributed by atoms with Crippen LogP contribution in [0.5, 0.6) is 0 Å². The van der Waals surface area contributed by atoms with Crippen molar-refractivity contribution in [2.24, 2.45) is 0 Å². The lowest BCUT2D eigenvalue weighted by atomic mass is 10.2. The average molecular weight is 325 g/mol. The Labute approximate surface area is 130 Å². The van der Waals surface area contributed by atoms with Crippen molar-refractivity contribution in [2.45, 2.75) is 13.0 Å². The van der Waals surface area contributed by atoms with E-state index < -0.39 is 12.0 Å². The molecule has 2 rings (SSSR count). The first kappa shape index (κ1) is 15.3. The van der Waals surface area contributed by atoms with Gasteiger partial charge in [-0.25, -0.2) is 9.59 Å². The number of amides is 2. The first-order valence-corrected chi connectivity index (χ1v) is 7.37. The lowest BCUT2D eigenvalue weighted by molar-refractivity contribution is 0.0697. The van der Waals surface area contributed by atoms with Gasteiger partial charge in [-0.1, -0.05) is 17.7 Å². The fourth-order valence-corrected chi connectivity index (χ4v) is 2.67. The Hall–Kier alpha value is -2.05. The predicted molar refractivity (Wildman–Crippen MR) is 83.3 cm³/mol. The zero-order chi connectivity index (χ0) is 15.4. The van der Waals surface area contributed by atoms with Crippen molar-refractivity contribution in [3.8, 4) is 0 Å². The fourth-order valence-electron chi connectivity index (χ4n) is 1.74. The molecule has 0 fully saturated rings. The zero-order valence-electron chi connectivity index (χ0n) is 11.1. The molecule has 2 amide bonds. The van der Waals surface area contributed by atoms with Crippen LogP contribution in [0.4, 0.5) is 10.5 Å². The first-order chi connectivity index (χ1) is 9.97. The maximum Gasteiger partial charge on any atom is 0.337 e. The Kier molecular flexibility index (Phi) is 4.82. The Morgan fingerprint density at radius 2 is 2.10 bits per heavy atom. The molecule has 7 heteroatoms. The van der Waals surface area contributed by atoms with Gasteiger partial charge < -0.3 is 15.7 Å². The number of anilines is 1. The predicted octanol–water partition coefficient (Wildman–Crippen LogP) is 3.98. The number of carboxylic acids is 1. The number of carboxylic acid groups (broad SMARTS) is 1. The lowest BCUT2D eigenvalue weighted by Crippen LogP contribution is -2.30. The van der Waals surface area contributed by atoms with Crippen LogP contribution in [0.1, 0.15) is 28.2 Å². The second-order valence-corrected chi connectivity index (χ2v) is 5.72. The second-order valence-electron chi connectivity index (χ2n) is 4.34. The van der Waals surface area contributed by atoms with Crippen LogP contribution >= 0.6 is 22.9 Å². The highest BCUT2D eigenvalue weighted by atomic mass is 35.5. The molecule has 21 heavy (non-hydrogen) atoms. The van der Waals surface area contributed by atoms with Gasteiger partial charge in [-0.05, 0) is 36.6 Å². The summed E-state index contributed by atoms with van der Waals surface area (Å²) < 4.78 is 0. The van der Waals surface area contributed by atoms with Gasteiger partial charge in [0.15, 0.2) is 0 Å². The quantitative estimate of drug-likeness (QED) is 0.796. The summed E-state index contributed by atoms with van der Waals surface area (Å²) in [5.74, 6) is -1.14. The van der Waals surface area contributed by atoms with E-state index >= 15 is 0 Å². The summed E-state index contributed by atoms with van der Waals surface area (Å²) >= 11 is 7.32. The topological polar surface area (TPSA) is 78.4 Å². The van der Waals surface area contributed by atoms with Crippen LogP contribution in [0, 0.1) is 0 Å². The molecule has 0 spiro atoms. The van der Waals surface area contributed by atoms with Gasteiger partial charge in [0.2, 0.25) is 0 Å². The van der Waals surface area contributed by atoms with Crippen molar-refractivity contribution >= 4 is 40.6 Å². The Morgan fingerprint density at radius 1 is 1.33 bits per heavy atom. The molecular formula is C14H13ClN2O3S. The number of aromatic carboxylic acids is 1. The standard InChI is InChI=1S/C14H13ClN2O3S/c1-8(12-3-2-6-21-12)16-14(20)17-9-4-5-11(15)10(7-9)13(18)19/h2-8H,1H3,(H,18,19)(H2,16,17,20). The van der Waals surface area contributed by atoms with Crippen LogP contribution in [-0.2, 0) is 0 Å². The first-order valence-electron chi connectivity index (χ1n) is 6.11. The van der Waals surface area contributed by atoms with E-state index in [4.69, 9.17) is 16.7 Å². The average Bonchev–Trinajstić information content (AvgIpc) is 2.94. The van der Waals surface area contributed by atoms with E-state index in [9.17, 15) is 9.59 Å². The summed E-state index contributed by atoms with van der Waals surface area (Å²) in [5, 5.41) is 16.4. The molecule has 3 N–H and O–H groups in total. The van der Waals surface area contributed by atoms with E-state index in [0.717, 1.165) is 4.88 Å². The number of nitrogens with one attached hydrogen (secondary N) is 2. The minimum Gasteiger partial charge on any atom is -0.478 e. The van der Waals surface area contributed by atoms with Crippen molar-refractivity contribution in [3.05, 3.63) is 51.2 Å². The van der Waals surface area contributed by atoms with E-state index in [-0.39, 0.29) is 16.6 Å². The number of urea groups is 1. The highest BCUT2D eigenvalue weighted by Crippen LogP contribution is 2.21. The molecule has 0 saturated heterocycles. The highest BCUT2D eigenvalue weighted by Gasteiger charge is 2.13. The van der Waals surface area contributed by atoms with Gasteiger partial charge in [0.05, 0.1) is 16.6 Å². The molecule has 0 bridgehead atoms. The summed E-state index contributed by atoms with van der Waals surface area (Å²) in [5.41, 5.74) is 0.313.